The Labute approximate surface area is 148 Å². The van der Waals surface area contributed by atoms with Gasteiger partial charge in [-0.2, -0.15) is 0 Å². The predicted octanol–water partition coefficient (Wildman–Crippen LogP) is 4.97. The van der Waals surface area contributed by atoms with E-state index in [1.165, 1.54) is 6.08 Å². The predicted molar refractivity (Wildman–Crippen MR) is 93.6 cm³/mol. The lowest BCUT2D eigenvalue weighted by Crippen LogP contribution is -1.97. The van der Waals surface area contributed by atoms with Gasteiger partial charge in [0.15, 0.2) is 0 Å². The number of rotatable bonds is 13. The lowest BCUT2D eigenvalue weighted by molar-refractivity contribution is 0.133. The summed E-state index contributed by atoms with van der Waals surface area (Å²) in [5.41, 5.74) is 0.610. The van der Waals surface area contributed by atoms with Gasteiger partial charge in [-0.25, -0.2) is 17.2 Å². The summed E-state index contributed by atoms with van der Waals surface area (Å²) < 4.78 is 61.0. The van der Waals surface area contributed by atoms with Gasteiger partial charge in [0.05, 0.1) is 6.61 Å². The van der Waals surface area contributed by atoms with Crippen LogP contribution in [0.2, 0.25) is 0 Å². The van der Waals surface area contributed by atoms with Crippen molar-refractivity contribution in [3.8, 4) is 5.75 Å². The maximum Gasteiger partial charge on any atom is 0.238 e. The van der Waals surface area contributed by atoms with Crippen molar-refractivity contribution in [2.45, 2.75) is 57.8 Å². The fourth-order valence-corrected chi connectivity index (χ4v) is 2.64. The van der Waals surface area contributed by atoms with Crippen LogP contribution in [-0.2, 0) is 10.1 Å². The molecule has 0 aromatic heterocycles. The second kappa shape index (κ2) is 12.0. The zero-order valence-corrected chi connectivity index (χ0v) is 15.0. The van der Waals surface area contributed by atoms with Crippen molar-refractivity contribution in [2.24, 2.45) is 0 Å². The van der Waals surface area contributed by atoms with E-state index in [2.05, 4.69) is 0 Å². The molecule has 0 amide bonds. The summed E-state index contributed by atoms with van der Waals surface area (Å²) in [5, 5.41) is 0.621. The molecule has 0 aliphatic carbocycles. The maximum atomic E-state index is 11.9. The summed E-state index contributed by atoms with van der Waals surface area (Å²) >= 11 is 0. The summed E-state index contributed by atoms with van der Waals surface area (Å²) in [5.74, 6) is 0.689. The maximum absolute atomic E-state index is 11.9. The van der Waals surface area contributed by atoms with Crippen LogP contribution in [0.25, 0.3) is 6.08 Å². The van der Waals surface area contributed by atoms with E-state index in [4.69, 9.17) is 4.74 Å². The highest BCUT2D eigenvalue weighted by Crippen LogP contribution is 2.15. The van der Waals surface area contributed by atoms with Gasteiger partial charge in [-0.3, -0.25) is 0 Å². The normalized spacial score (nSPS) is 12.2. The van der Waals surface area contributed by atoms with Gasteiger partial charge in [-0.1, -0.05) is 44.2 Å². The van der Waals surface area contributed by atoms with Crippen molar-refractivity contribution in [3.63, 3.8) is 0 Å². The van der Waals surface area contributed by atoms with Gasteiger partial charge in [0, 0.05) is 11.8 Å². The Morgan fingerprint density at radius 2 is 1.52 bits per heavy atom. The molecule has 0 atom stereocenters. The van der Waals surface area contributed by atoms with E-state index in [0.717, 1.165) is 38.5 Å². The van der Waals surface area contributed by atoms with Gasteiger partial charge in [0.2, 0.25) is 6.43 Å². The van der Waals surface area contributed by atoms with Crippen LogP contribution in [0.3, 0.4) is 0 Å². The van der Waals surface area contributed by atoms with Crippen LogP contribution >= 0.6 is 0 Å². The number of ether oxygens (including phenoxy) is 1. The molecular formula is C18H25F2O4S-. The van der Waals surface area contributed by atoms with Crippen molar-refractivity contribution in [1.29, 1.82) is 0 Å². The second-order valence-electron chi connectivity index (χ2n) is 5.87. The molecule has 0 spiro atoms. The van der Waals surface area contributed by atoms with E-state index in [0.29, 0.717) is 29.7 Å². The van der Waals surface area contributed by atoms with Crippen LogP contribution in [0.15, 0.2) is 29.7 Å². The molecule has 0 unspecified atom stereocenters. The third-order valence-electron chi connectivity index (χ3n) is 3.64. The van der Waals surface area contributed by atoms with Crippen LogP contribution < -0.4 is 4.74 Å². The molecule has 0 radical (unpaired) electrons. The van der Waals surface area contributed by atoms with Gasteiger partial charge in [0.1, 0.15) is 15.9 Å². The Balaban J connectivity index is 2.08. The molecular weight excluding hydrogens is 350 g/mol. The summed E-state index contributed by atoms with van der Waals surface area (Å²) in [6, 6.07) is 6.80. The third kappa shape index (κ3) is 12.5. The van der Waals surface area contributed by atoms with Gasteiger partial charge < -0.3 is 9.29 Å². The summed E-state index contributed by atoms with van der Waals surface area (Å²) in [6.07, 6.45) is 5.65. The first kappa shape index (κ1) is 21.6. The topological polar surface area (TPSA) is 66.4 Å². The molecule has 1 rings (SSSR count). The van der Waals surface area contributed by atoms with E-state index in [9.17, 15) is 21.8 Å². The fraction of sp³-hybridized carbons (Fsp3) is 0.556. The van der Waals surface area contributed by atoms with Crippen LogP contribution in [0.1, 0.15) is 56.9 Å². The van der Waals surface area contributed by atoms with Crippen molar-refractivity contribution in [3.05, 3.63) is 35.2 Å². The minimum Gasteiger partial charge on any atom is -0.744 e. The van der Waals surface area contributed by atoms with Crippen molar-refractivity contribution in [2.75, 3.05) is 6.61 Å². The van der Waals surface area contributed by atoms with Crippen molar-refractivity contribution in [1.82, 2.24) is 0 Å². The largest absolute Gasteiger partial charge is 0.744 e. The number of hydrogen-bond acceptors (Lipinski definition) is 4. The number of alkyl halides is 2. The highest BCUT2D eigenvalue weighted by molar-refractivity contribution is 7.88. The molecule has 0 fully saturated rings. The first-order valence-corrected chi connectivity index (χ1v) is 9.99. The number of hydrogen-bond donors (Lipinski definition) is 0. The first-order valence-electron chi connectivity index (χ1n) is 8.52. The molecule has 142 valence electrons. The molecule has 4 nitrogen and oxygen atoms in total. The number of unbranched alkanes of at least 4 members (excludes halogenated alkanes) is 6. The fourth-order valence-electron chi connectivity index (χ4n) is 2.31. The third-order valence-corrected chi connectivity index (χ3v) is 4.11. The highest BCUT2D eigenvalue weighted by Gasteiger charge is 2.01. The molecule has 0 aliphatic rings. The lowest BCUT2D eigenvalue weighted by atomic mass is 10.1. The monoisotopic (exact) mass is 375 g/mol. The molecule has 0 heterocycles. The molecule has 7 heteroatoms. The molecule has 1 aromatic rings. The van der Waals surface area contributed by atoms with E-state index >= 15 is 0 Å². The van der Waals surface area contributed by atoms with Crippen LogP contribution in [-0.4, -0.2) is 26.0 Å². The van der Waals surface area contributed by atoms with Crippen molar-refractivity contribution >= 4 is 16.2 Å². The molecule has 0 aliphatic heterocycles. The molecule has 0 saturated carbocycles. The Bertz CT molecular complexity index is 598. The van der Waals surface area contributed by atoms with E-state index < -0.39 is 16.5 Å². The SMILES string of the molecule is O=S(=O)([O-])/C=C/c1ccc(OCCCCCCCCCC(F)F)cc1. The smallest absolute Gasteiger partial charge is 0.238 e. The Morgan fingerprint density at radius 3 is 2.08 bits per heavy atom. The number of halogens is 2. The summed E-state index contributed by atoms with van der Waals surface area (Å²) in [6.45, 7) is 0.593. The van der Waals surface area contributed by atoms with Gasteiger partial charge >= 0.3 is 0 Å². The average molecular weight is 375 g/mol. The first-order chi connectivity index (χ1) is 11.9. The van der Waals surface area contributed by atoms with Gasteiger partial charge in [0.25, 0.3) is 0 Å². The Hall–Kier alpha value is -1.47. The zero-order chi connectivity index (χ0) is 18.5. The number of benzene rings is 1. The highest BCUT2D eigenvalue weighted by atomic mass is 32.2. The molecule has 0 N–H and O–H groups in total. The molecule has 0 bridgehead atoms. The molecule has 0 saturated heterocycles. The van der Waals surface area contributed by atoms with Gasteiger partial charge in [-0.05, 0) is 36.6 Å². The van der Waals surface area contributed by atoms with Crippen LogP contribution in [0.4, 0.5) is 8.78 Å². The van der Waals surface area contributed by atoms with E-state index in [1.54, 1.807) is 24.3 Å². The van der Waals surface area contributed by atoms with Crippen LogP contribution in [0, 0.1) is 0 Å². The second-order valence-corrected chi connectivity index (χ2v) is 7.13. The zero-order valence-electron chi connectivity index (χ0n) is 14.2. The minimum absolute atomic E-state index is 0.00905. The minimum atomic E-state index is -4.36. The summed E-state index contributed by atoms with van der Waals surface area (Å²) in [4.78, 5) is 0. The Morgan fingerprint density at radius 1 is 0.960 bits per heavy atom. The molecule has 25 heavy (non-hydrogen) atoms. The van der Waals surface area contributed by atoms with Crippen molar-refractivity contribution < 1.29 is 26.5 Å². The quantitative estimate of drug-likeness (QED) is 0.361. The standard InChI is InChI=1S/C18H26F2O4S/c19-18(20)8-6-4-2-1-3-5-7-14-24-17-11-9-16(10-12-17)13-15-25(21,22)23/h9-13,15,18H,1-8,14H2,(H,21,22,23)/p-1/b15-13+. The van der Waals surface area contributed by atoms with Gasteiger partial charge in [-0.15, -0.1) is 0 Å². The average Bonchev–Trinajstić information content (AvgIpc) is 2.55. The van der Waals surface area contributed by atoms with E-state index in [-0.39, 0.29) is 6.42 Å². The Kier molecular flexibility index (Phi) is 10.3. The summed E-state index contributed by atoms with van der Waals surface area (Å²) in [7, 11) is -4.36. The molecule has 1 aromatic carbocycles. The lowest BCUT2D eigenvalue weighted by Gasteiger charge is -2.07. The van der Waals surface area contributed by atoms with Crippen LogP contribution in [0.5, 0.6) is 5.75 Å². The van der Waals surface area contributed by atoms with E-state index in [1.807, 2.05) is 0 Å².